The molecule has 0 N–H and O–H groups in total. The molecule has 3 nitrogen and oxygen atoms in total. The molecule has 4 heteroatoms. The van der Waals surface area contributed by atoms with E-state index >= 15 is 0 Å². The van der Waals surface area contributed by atoms with Crippen molar-refractivity contribution in [2.24, 2.45) is 11.8 Å². The van der Waals surface area contributed by atoms with Gasteiger partial charge >= 0.3 is 5.97 Å². The topological polar surface area (TPSA) is 43.4 Å². The van der Waals surface area contributed by atoms with Gasteiger partial charge < -0.3 is 4.74 Å². The molecule has 0 aromatic rings. The second-order valence-corrected chi connectivity index (χ2v) is 2.88. The zero-order chi connectivity index (χ0) is 8.43. The highest BCUT2D eigenvalue weighted by molar-refractivity contribution is 6.64. The van der Waals surface area contributed by atoms with E-state index in [1.54, 1.807) is 6.92 Å². The quantitative estimate of drug-likeness (QED) is 0.475. The summed E-state index contributed by atoms with van der Waals surface area (Å²) >= 11 is 5.17. The van der Waals surface area contributed by atoms with Crippen molar-refractivity contribution >= 4 is 22.8 Å². The fourth-order valence-corrected chi connectivity index (χ4v) is 1.20. The number of hydrogen-bond donors (Lipinski definition) is 0. The monoisotopic (exact) mass is 176 g/mol. The van der Waals surface area contributed by atoms with Crippen LogP contribution in [0.15, 0.2) is 0 Å². The highest BCUT2D eigenvalue weighted by Crippen LogP contribution is 2.40. The van der Waals surface area contributed by atoms with Gasteiger partial charge in [-0.2, -0.15) is 0 Å². The molecule has 0 radical (unpaired) electrons. The molecule has 0 aromatic carbocycles. The molecule has 1 fully saturated rings. The Bertz CT molecular complexity index is 190. The van der Waals surface area contributed by atoms with E-state index in [9.17, 15) is 9.59 Å². The Labute approximate surface area is 69.7 Å². The van der Waals surface area contributed by atoms with Crippen LogP contribution in [-0.4, -0.2) is 17.8 Å². The first kappa shape index (κ1) is 8.53. The summed E-state index contributed by atoms with van der Waals surface area (Å²) in [4.78, 5) is 21.4. The van der Waals surface area contributed by atoms with Crippen LogP contribution in [0.5, 0.6) is 0 Å². The highest BCUT2D eigenvalue weighted by atomic mass is 35.5. The van der Waals surface area contributed by atoms with E-state index < -0.39 is 5.24 Å². The van der Waals surface area contributed by atoms with Crippen LogP contribution < -0.4 is 0 Å². The fourth-order valence-electron chi connectivity index (χ4n) is 0.956. The van der Waals surface area contributed by atoms with Crippen molar-refractivity contribution < 1.29 is 14.3 Å². The Morgan fingerprint density at radius 2 is 2.18 bits per heavy atom. The third kappa shape index (κ3) is 1.93. The van der Waals surface area contributed by atoms with E-state index in [0.717, 1.165) is 0 Å². The van der Waals surface area contributed by atoms with E-state index in [1.807, 2.05) is 0 Å². The predicted molar refractivity (Wildman–Crippen MR) is 39.1 cm³/mol. The molecule has 0 spiro atoms. The normalized spacial score (nSPS) is 27.8. The fraction of sp³-hybridized carbons (Fsp3) is 0.714. The average Bonchev–Trinajstić information content (AvgIpc) is 2.65. The molecule has 11 heavy (non-hydrogen) atoms. The van der Waals surface area contributed by atoms with Gasteiger partial charge in [0.05, 0.1) is 12.5 Å². The lowest BCUT2D eigenvalue weighted by atomic mass is 10.3. The van der Waals surface area contributed by atoms with Gasteiger partial charge in [0.15, 0.2) is 0 Å². The summed E-state index contributed by atoms with van der Waals surface area (Å²) in [5.74, 6) is -0.845. The van der Waals surface area contributed by atoms with Crippen LogP contribution in [0.2, 0.25) is 0 Å². The van der Waals surface area contributed by atoms with Crippen LogP contribution in [0.4, 0.5) is 0 Å². The van der Waals surface area contributed by atoms with Crippen LogP contribution >= 0.6 is 11.6 Å². The molecule has 0 aromatic heterocycles. The maximum atomic E-state index is 10.9. The molecule has 0 amide bonds. The standard InChI is InChI=1S/C7H9ClO3/c1-2-11-7(10)5-3-4(5)6(8)9/h4-5H,2-3H2,1H3/t4-,5+/m0/s1. The van der Waals surface area contributed by atoms with Gasteiger partial charge in [-0.15, -0.1) is 0 Å². The lowest BCUT2D eigenvalue weighted by Crippen LogP contribution is -2.09. The summed E-state index contributed by atoms with van der Waals surface area (Å²) in [7, 11) is 0. The Balaban J connectivity index is 2.32. The number of carbonyl (C=O) groups is 2. The minimum Gasteiger partial charge on any atom is -0.466 e. The minimum atomic E-state index is -0.428. The second kappa shape index (κ2) is 3.22. The lowest BCUT2D eigenvalue weighted by Gasteiger charge is -1.97. The number of carbonyl (C=O) groups excluding carboxylic acids is 2. The third-order valence-electron chi connectivity index (χ3n) is 1.67. The van der Waals surface area contributed by atoms with Crippen LogP contribution in [0.3, 0.4) is 0 Å². The van der Waals surface area contributed by atoms with E-state index in [0.29, 0.717) is 13.0 Å². The van der Waals surface area contributed by atoms with Crippen LogP contribution in [0, 0.1) is 11.8 Å². The van der Waals surface area contributed by atoms with E-state index in [-0.39, 0.29) is 17.8 Å². The van der Waals surface area contributed by atoms with Crippen molar-refractivity contribution in [1.29, 1.82) is 0 Å². The Morgan fingerprint density at radius 3 is 2.55 bits per heavy atom. The second-order valence-electron chi connectivity index (χ2n) is 2.50. The summed E-state index contributed by atoms with van der Waals surface area (Å²) in [5, 5.41) is -0.428. The van der Waals surface area contributed by atoms with E-state index in [2.05, 4.69) is 0 Å². The van der Waals surface area contributed by atoms with Crippen molar-refractivity contribution in [2.45, 2.75) is 13.3 Å². The summed E-state index contributed by atoms with van der Waals surface area (Å²) < 4.78 is 4.70. The first-order valence-electron chi connectivity index (χ1n) is 3.52. The number of hydrogen-bond acceptors (Lipinski definition) is 3. The predicted octanol–water partition coefficient (Wildman–Crippen LogP) is 0.951. The third-order valence-corrected chi connectivity index (χ3v) is 1.95. The molecule has 62 valence electrons. The first-order chi connectivity index (χ1) is 5.16. The average molecular weight is 177 g/mol. The highest BCUT2D eigenvalue weighted by Gasteiger charge is 2.48. The lowest BCUT2D eigenvalue weighted by molar-refractivity contribution is -0.145. The maximum absolute atomic E-state index is 10.9. The molecule has 1 saturated carbocycles. The van der Waals surface area contributed by atoms with Crippen molar-refractivity contribution in [3.63, 3.8) is 0 Å². The van der Waals surface area contributed by atoms with Gasteiger partial charge in [0.2, 0.25) is 5.24 Å². The maximum Gasteiger partial charge on any atom is 0.309 e. The molecule has 0 unspecified atom stereocenters. The number of esters is 1. The zero-order valence-corrected chi connectivity index (χ0v) is 6.93. The first-order valence-corrected chi connectivity index (χ1v) is 3.90. The van der Waals surface area contributed by atoms with Crippen molar-refractivity contribution in [3.8, 4) is 0 Å². The summed E-state index contributed by atoms with van der Waals surface area (Å²) in [6.45, 7) is 2.09. The number of ether oxygens (including phenoxy) is 1. The van der Waals surface area contributed by atoms with Gasteiger partial charge in [-0.25, -0.2) is 0 Å². The van der Waals surface area contributed by atoms with Crippen molar-refractivity contribution in [1.82, 2.24) is 0 Å². The van der Waals surface area contributed by atoms with Crippen molar-refractivity contribution in [2.75, 3.05) is 6.61 Å². The SMILES string of the molecule is CCOC(=O)[C@@H]1C[C@@H]1C(=O)Cl. The Kier molecular flexibility index (Phi) is 2.49. The molecule has 0 heterocycles. The van der Waals surface area contributed by atoms with Crippen LogP contribution in [0.25, 0.3) is 0 Å². The molecule has 1 rings (SSSR count). The molecule has 2 atom stereocenters. The largest absolute Gasteiger partial charge is 0.466 e. The smallest absolute Gasteiger partial charge is 0.309 e. The number of halogens is 1. The van der Waals surface area contributed by atoms with Gasteiger partial charge in [0, 0.05) is 5.92 Å². The molecular weight excluding hydrogens is 168 g/mol. The van der Waals surface area contributed by atoms with Crippen LogP contribution in [0.1, 0.15) is 13.3 Å². The minimum absolute atomic E-state index is 0.264. The summed E-state index contributed by atoms with van der Waals surface area (Å²) in [6, 6.07) is 0. The molecule has 0 bridgehead atoms. The molecule has 1 aliphatic rings. The molecule has 0 saturated heterocycles. The number of rotatable bonds is 3. The zero-order valence-electron chi connectivity index (χ0n) is 6.17. The Morgan fingerprint density at radius 1 is 1.55 bits per heavy atom. The van der Waals surface area contributed by atoms with E-state index in [4.69, 9.17) is 16.3 Å². The van der Waals surface area contributed by atoms with E-state index in [1.165, 1.54) is 0 Å². The van der Waals surface area contributed by atoms with Gasteiger partial charge in [0.1, 0.15) is 0 Å². The summed E-state index contributed by atoms with van der Waals surface area (Å²) in [6.07, 6.45) is 0.557. The molecule has 0 aliphatic heterocycles. The van der Waals surface area contributed by atoms with Crippen LogP contribution in [-0.2, 0) is 14.3 Å². The van der Waals surface area contributed by atoms with Gasteiger partial charge in [-0.05, 0) is 24.9 Å². The van der Waals surface area contributed by atoms with Gasteiger partial charge in [-0.1, -0.05) is 0 Å². The van der Waals surface area contributed by atoms with Crippen molar-refractivity contribution in [3.05, 3.63) is 0 Å². The Hall–Kier alpha value is -0.570. The summed E-state index contributed by atoms with van der Waals surface area (Å²) in [5.41, 5.74) is 0. The van der Waals surface area contributed by atoms with Gasteiger partial charge in [-0.3, -0.25) is 9.59 Å². The molecule has 1 aliphatic carbocycles. The molecular formula is C7H9ClO3. The van der Waals surface area contributed by atoms with Gasteiger partial charge in [0.25, 0.3) is 0 Å².